The van der Waals surface area contributed by atoms with Gasteiger partial charge >= 0.3 is 0 Å². The lowest BCUT2D eigenvalue weighted by Gasteiger charge is -2.35. The van der Waals surface area contributed by atoms with Gasteiger partial charge in [0.05, 0.1) is 6.04 Å². The van der Waals surface area contributed by atoms with E-state index in [-0.39, 0.29) is 11.9 Å². The molecule has 4 heteroatoms. The predicted molar refractivity (Wildman–Crippen MR) is 75.3 cm³/mol. The van der Waals surface area contributed by atoms with E-state index in [4.69, 9.17) is 5.73 Å². The summed E-state index contributed by atoms with van der Waals surface area (Å²) in [6, 6.07) is 0.00239. The zero-order valence-corrected chi connectivity index (χ0v) is 12.1. The molecule has 0 spiro atoms. The van der Waals surface area contributed by atoms with Crippen LogP contribution in [0.3, 0.4) is 0 Å². The maximum atomic E-state index is 12.0. The fourth-order valence-corrected chi connectivity index (χ4v) is 2.48. The fraction of sp³-hybridized carbons (Fsp3) is 0.929. The van der Waals surface area contributed by atoms with Crippen LogP contribution >= 0.6 is 0 Å². The van der Waals surface area contributed by atoms with Gasteiger partial charge in [-0.3, -0.25) is 9.69 Å². The molecule has 0 aromatic carbocycles. The van der Waals surface area contributed by atoms with E-state index in [1.807, 2.05) is 6.92 Å². The van der Waals surface area contributed by atoms with Crippen LogP contribution in [-0.4, -0.2) is 43.0 Å². The Labute approximate surface area is 111 Å². The Morgan fingerprint density at radius 2 is 1.94 bits per heavy atom. The van der Waals surface area contributed by atoms with Crippen molar-refractivity contribution >= 4 is 5.91 Å². The van der Waals surface area contributed by atoms with E-state index >= 15 is 0 Å². The van der Waals surface area contributed by atoms with Crippen LogP contribution in [0.4, 0.5) is 0 Å². The average Bonchev–Trinajstić information content (AvgIpc) is 2.36. The predicted octanol–water partition coefficient (Wildman–Crippen LogP) is 1.21. The number of carbonyl (C=O) groups excluding carboxylic acids is 1. The summed E-state index contributed by atoms with van der Waals surface area (Å²) in [5.74, 6) is 1.44. The second-order valence-corrected chi connectivity index (χ2v) is 5.87. The van der Waals surface area contributed by atoms with Crippen LogP contribution in [0, 0.1) is 11.8 Å². The molecule has 1 atom stereocenters. The number of amides is 1. The Morgan fingerprint density at radius 3 is 2.44 bits per heavy atom. The summed E-state index contributed by atoms with van der Waals surface area (Å²) in [7, 11) is 0. The van der Waals surface area contributed by atoms with Gasteiger partial charge in [0.1, 0.15) is 0 Å². The van der Waals surface area contributed by atoms with E-state index in [0.717, 1.165) is 38.5 Å². The molecular weight excluding hydrogens is 226 g/mol. The number of nitrogens with two attached hydrogens (primary N) is 1. The summed E-state index contributed by atoms with van der Waals surface area (Å²) in [6.45, 7) is 9.86. The summed E-state index contributed by atoms with van der Waals surface area (Å²) in [5, 5.41) is 3.01. The van der Waals surface area contributed by atoms with E-state index in [1.54, 1.807) is 0 Å². The van der Waals surface area contributed by atoms with Crippen molar-refractivity contribution in [2.75, 3.05) is 26.2 Å². The van der Waals surface area contributed by atoms with E-state index in [2.05, 4.69) is 24.1 Å². The molecule has 0 aromatic rings. The second kappa shape index (κ2) is 7.74. The number of carbonyl (C=O) groups is 1. The van der Waals surface area contributed by atoms with Crippen molar-refractivity contribution in [3.8, 4) is 0 Å². The first-order valence-corrected chi connectivity index (χ1v) is 7.26. The van der Waals surface area contributed by atoms with E-state index in [9.17, 15) is 4.79 Å². The topological polar surface area (TPSA) is 58.4 Å². The molecule has 0 saturated carbocycles. The molecule has 1 aliphatic heterocycles. The standard InChI is InChI=1S/C14H29N3O/c1-11(2)10-16-14(18)12(3)17-8-5-13(4-7-15)6-9-17/h11-13H,4-10,15H2,1-3H3,(H,16,18). The van der Waals surface area contributed by atoms with Gasteiger partial charge < -0.3 is 11.1 Å². The van der Waals surface area contributed by atoms with Gasteiger partial charge in [0.25, 0.3) is 0 Å². The van der Waals surface area contributed by atoms with Crippen molar-refractivity contribution in [3.05, 3.63) is 0 Å². The number of piperidine rings is 1. The first kappa shape index (κ1) is 15.4. The quantitative estimate of drug-likeness (QED) is 0.750. The normalized spacial score (nSPS) is 20.1. The molecule has 0 bridgehead atoms. The number of rotatable bonds is 6. The molecule has 1 heterocycles. The monoisotopic (exact) mass is 255 g/mol. The van der Waals surface area contributed by atoms with Crippen molar-refractivity contribution in [1.29, 1.82) is 0 Å². The molecule has 0 aliphatic carbocycles. The van der Waals surface area contributed by atoms with Gasteiger partial charge in [-0.05, 0) is 57.7 Å². The minimum atomic E-state index is 0.00239. The Balaban J connectivity index is 2.30. The number of nitrogens with one attached hydrogen (secondary N) is 1. The Kier molecular flexibility index (Phi) is 6.65. The minimum Gasteiger partial charge on any atom is -0.354 e. The number of nitrogens with zero attached hydrogens (tertiary/aromatic N) is 1. The van der Waals surface area contributed by atoms with Crippen LogP contribution in [-0.2, 0) is 4.79 Å². The van der Waals surface area contributed by atoms with E-state index < -0.39 is 0 Å². The smallest absolute Gasteiger partial charge is 0.237 e. The highest BCUT2D eigenvalue weighted by molar-refractivity contribution is 5.81. The molecule has 1 fully saturated rings. The summed E-state index contributed by atoms with van der Waals surface area (Å²) < 4.78 is 0. The Morgan fingerprint density at radius 1 is 1.33 bits per heavy atom. The summed E-state index contributed by atoms with van der Waals surface area (Å²) >= 11 is 0. The van der Waals surface area contributed by atoms with Crippen molar-refractivity contribution in [2.45, 2.75) is 46.1 Å². The molecule has 1 rings (SSSR count). The van der Waals surface area contributed by atoms with Crippen LogP contribution in [0.25, 0.3) is 0 Å². The minimum absolute atomic E-state index is 0.00239. The van der Waals surface area contributed by atoms with Crippen molar-refractivity contribution in [1.82, 2.24) is 10.2 Å². The summed E-state index contributed by atoms with van der Waals surface area (Å²) in [5.41, 5.74) is 5.59. The highest BCUT2D eigenvalue weighted by Gasteiger charge is 2.26. The van der Waals surface area contributed by atoms with Gasteiger partial charge in [0.2, 0.25) is 5.91 Å². The first-order chi connectivity index (χ1) is 8.54. The Hall–Kier alpha value is -0.610. The van der Waals surface area contributed by atoms with Crippen molar-refractivity contribution in [3.63, 3.8) is 0 Å². The summed E-state index contributed by atoms with van der Waals surface area (Å²) in [4.78, 5) is 14.3. The second-order valence-electron chi connectivity index (χ2n) is 5.87. The highest BCUT2D eigenvalue weighted by Crippen LogP contribution is 2.21. The van der Waals surface area contributed by atoms with Crippen LogP contribution in [0.15, 0.2) is 0 Å². The third-order valence-electron chi connectivity index (χ3n) is 3.84. The maximum Gasteiger partial charge on any atom is 0.237 e. The van der Waals surface area contributed by atoms with Crippen LogP contribution in [0.5, 0.6) is 0 Å². The van der Waals surface area contributed by atoms with Gasteiger partial charge in [-0.15, -0.1) is 0 Å². The molecule has 1 aliphatic rings. The number of hydrogen-bond acceptors (Lipinski definition) is 3. The molecule has 1 unspecified atom stereocenters. The van der Waals surface area contributed by atoms with Crippen LogP contribution in [0.1, 0.15) is 40.0 Å². The Bertz CT molecular complexity index is 247. The van der Waals surface area contributed by atoms with Crippen molar-refractivity contribution < 1.29 is 4.79 Å². The van der Waals surface area contributed by atoms with E-state index in [1.165, 1.54) is 12.8 Å². The van der Waals surface area contributed by atoms with Crippen LogP contribution in [0.2, 0.25) is 0 Å². The first-order valence-electron chi connectivity index (χ1n) is 7.26. The average molecular weight is 255 g/mol. The van der Waals surface area contributed by atoms with Crippen molar-refractivity contribution in [2.24, 2.45) is 17.6 Å². The maximum absolute atomic E-state index is 12.0. The molecule has 18 heavy (non-hydrogen) atoms. The van der Waals surface area contributed by atoms with Crippen LogP contribution < -0.4 is 11.1 Å². The fourth-order valence-electron chi connectivity index (χ4n) is 2.48. The molecular formula is C14H29N3O. The lowest BCUT2D eigenvalue weighted by atomic mass is 9.93. The van der Waals surface area contributed by atoms with Gasteiger partial charge in [0.15, 0.2) is 0 Å². The van der Waals surface area contributed by atoms with Gasteiger partial charge in [-0.25, -0.2) is 0 Å². The number of hydrogen-bond donors (Lipinski definition) is 2. The zero-order chi connectivity index (χ0) is 13.5. The zero-order valence-electron chi connectivity index (χ0n) is 12.1. The summed E-state index contributed by atoms with van der Waals surface area (Å²) in [6.07, 6.45) is 3.49. The van der Waals surface area contributed by atoms with Gasteiger partial charge in [0, 0.05) is 6.54 Å². The number of likely N-dealkylation sites (tertiary alicyclic amines) is 1. The molecule has 106 valence electrons. The molecule has 1 saturated heterocycles. The third-order valence-corrected chi connectivity index (χ3v) is 3.84. The van der Waals surface area contributed by atoms with Gasteiger partial charge in [-0.2, -0.15) is 0 Å². The molecule has 4 nitrogen and oxygen atoms in total. The molecule has 0 radical (unpaired) electrons. The SMILES string of the molecule is CC(C)CNC(=O)C(C)N1CCC(CCN)CC1. The van der Waals surface area contributed by atoms with Gasteiger partial charge in [-0.1, -0.05) is 13.8 Å². The molecule has 3 N–H and O–H groups in total. The molecule has 0 aromatic heterocycles. The highest BCUT2D eigenvalue weighted by atomic mass is 16.2. The molecule has 1 amide bonds. The van der Waals surface area contributed by atoms with E-state index in [0.29, 0.717) is 5.92 Å². The lowest BCUT2D eigenvalue weighted by molar-refractivity contribution is -0.126. The largest absolute Gasteiger partial charge is 0.354 e. The third kappa shape index (κ3) is 4.94. The lowest BCUT2D eigenvalue weighted by Crippen LogP contribution is -2.48.